The van der Waals surface area contributed by atoms with Crippen molar-refractivity contribution in [2.75, 3.05) is 21.3 Å². The van der Waals surface area contributed by atoms with Gasteiger partial charge in [0.2, 0.25) is 5.75 Å². The van der Waals surface area contributed by atoms with Crippen LogP contribution in [-0.4, -0.2) is 45.5 Å². The van der Waals surface area contributed by atoms with Gasteiger partial charge in [0, 0.05) is 36.0 Å². The number of aryl methyl sites for hydroxylation is 1. The van der Waals surface area contributed by atoms with E-state index in [0.29, 0.717) is 15.5 Å². The van der Waals surface area contributed by atoms with Crippen molar-refractivity contribution in [2.45, 2.75) is 12.4 Å². The number of halogens is 6. The molecule has 39 heavy (non-hydrogen) atoms. The van der Waals surface area contributed by atoms with Gasteiger partial charge in [0.25, 0.3) is 0 Å². The largest absolute Gasteiger partial charge is 0.493 e. The zero-order valence-corrected chi connectivity index (χ0v) is 20.8. The number of fused-ring (bicyclic) bond motifs is 2. The van der Waals surface area contributed by atoms with Crippen molar-refractivity contribution >= 4 is 16.7 Å². The second-order valence-electron chi connectivity index (χ2n) is 8.42. The minimum absolute atomic E-state index is 0.0621. The molecule has 4 aromatic heterocycles. The minimum Gasteiger partial charge on any atom is -0.493 e. The zero-order chi connectivity index (χ0) is 28.3. The quantitative estimate of drug-likeness (QED) is 0.249. The molecule has 0 unspecified atom stereocenters. The van der Waals surface area contributed by atoms with Gasteiger partial charge in [0.15, 0.2) is 22.8 Å². The predicted molar refractivity (Wildman–Crippen MR) is 128 cm³/mol. The molecule has 0 fully saturated rings. The molecule has 0 radical (unpaired) electrons. The van der Waals surface area contributed by atoms with Gasteiger partial charge in [0.05, 0.1) is 26.9 Å². The maximum Gasteiger partial charge on any atom is 0.433 e. The lowest BCUT2D eigenvalue weighted by Crippen LogP contribution is -2.18. The number of aromatic nitrogens is 5. The fourth-order valence-electron chi connectivity index (χ4n) is 4.44. The van der Waals surface area contributed by atoms with Crippen molar-refractivity contribution in [3.63, 3.8) is 0 Å². The van der Waals surface area contributed by atoms with Crippen LogP contribution < -0.4 is 14.2 Å². The Labute approximate surface area is 216 Å². The summed E-state index contributed by atoms with van der Waals surface area (Å²) in [7, 11) is 5.72. The molecule has 1 aromatic carbocycles. The summed E-state index contributed by atoms with van der Waals surface area (Å²) in [5.74, 6) is 0.528. The standard InChI is InChI=1S/C25H19F6N5O3/c1-35-11-14(13-6-5-7-32-22(13)35)19-20(12-8-15(37-2)21(39-4)16(9-12)38-3)34-36-18(25(29,30)31)10-17(24(26,27)28)33-23(19)36/h5-11H,1-4H3. The first-order valence-corrected chi connectivity index (χ1v) is 11.2. The Bertz CT molecular complexity index is 1700. The predicted octanol–water partition coefficient (Wildman–Crippen LogP) is 6.01. The van der Waals surface area contributed by atoms with E-state index in [1.54, 1.807) is 29.9 Å². The van der Waals surface area contributed by atoms with Gasteiger partial charge in [-0.25, -0.2) is 14.5 Å². The zero-order valence-electron chi connectivity index (χ0n) is 20.8. The van der Waals surface area contributed by atoms with E-state index >= 15 is 0 Å². The van der Waals surface area contributed by atoms with E-state index in [1.807, 2.05) is 0 Å². The molecule has 0 aliphatic heterocycles. The number of nitrogens with zero attached hydrogens (tertiary/aromatic N) is 5. The van der Waals surface area contributed by atoms with E-state index in [2.05, 4.69) is 15.1 Å². The highest BCUT2D eigenvalue weighted by Crippen LogP contribution is 2.46. The summed E-state index contributed by atoms with van der Waals surface area (Å²) < 4.78 is 102. The third-order valence-corrected chi connectivity index (χ3v) is 6.11. The lowest BCUT2D eigenvalue weighted by atomic mass is 10.0. The SMILES string of the molecule is COc1cc(-c2nn3c(C(F)(F)F)cc(C(F)(F)F)nc3c2-c2cn(C)c3ncccc23)cc(OC)c1OC. The molecule has 0 bridgehead atoms. The molecule has 0 spiro atoms. The molecule has 0 atom stereocenters. The summed E-state index contributed by atoms with van der Waals surface area (Å²) >= 11 is 0. The molecule has 0 N–H and O–H groups in total. The van der Waals surface area contributed by atoms with Gasteiger partial charge in [-0.15, -0.1) is 0 Å². The molecule has 0 aliphatic carbocycles. The first-order chi connectivity index (χ1) is 18.4. The molecule has 5 rings (SSSR count). The Morgan fingerprint density at radius 1 is 0.846 bits per heavy atom. The Morgan fingerprint density at radius 3 is 2.08 bits per heavy atom. The summed E-state index contributed by atoms with van der Waals surface area (Å²) in [4.78, 5) is 7.92. The molecule has 0 saturated carbocycles. The van der Waals surface area contributed by atoms with Crippen molar-refractivity contribution in [2.24, 2.45) is 7.05 Å². The van der Waals surface area contributed by atoms with Crippen LogP contribution in [0.4, 0.5) is 26.3 Å². The molecule has 5 aromatic rings. The van der Waals surface area contributed by atoms with Crippen LogP contribution in [0.3, 0.4) is 0 Å². The van der Waals surface area contributed by atoms with Crippen LogP contribution in [0, 0.1) is 0 Å². The van der Waals surface area contributed by atoms with Gasteiger partial charge in [-0.3, -0.25) is 0 Å². The lowest BCUT2D eigenvalue weighted by molar-refractivity contribution is -0.148. The van der Waals surface area contributed by atoms with Crippen LogP contribution in [0.1, 0.15) is 11.4 Å². The van der Waals surface area contributed by atoms with E-state index in [-0.39, 0.29) is 45.7 Å². The topological polar surface area (TPSA) is 75.7 Å². The second-order valence-corrected chi connectivity index (χ2v) is 8.42. The Morgan fingerprint density at radius 2 is 1.51 bits per heavy atom. The van der Waals surface area contributed by atoms with Crippen LogP contribution in [-0.2, 0) is 19.4 Å². The van der Waals surface area contributed by atoms with Crippen molar-refractivity contribution in [3.05, 3.63) is 54.1 Å². The van der Waals surface area contributed by atoms with E-state index in [0.717, 1.165) is 0 Å². The first-order valence-electron chi connectivity index (χ1n) is 11.2. The second kappa shape index (κ2) is 9.06. The van der Waals surface area contributed by atoms with Gasteiger partial charge in [-0.1, -0.05) is 0 Å². The highest BCUT2D eigenvalue weighted by atomic mass is 19.4. The first kappa shape index (κ1) is 26.1. The average molecular weight is 551 g/mol. The van der Waals surface area contributed by atoms with Crippen molar-refractivity contribution in [1.29, 1.82) is 0 Å². The van der Waals surface area contributed by atoms with E-state index in [4.69, 9.17) is 14.2 Å². The Hall–Kier alpha value is -4.49. The molecular weight excluding hydrogens is 532 g/mol. The number of rotatable bonds is 5. The van der Waals surface area contributed by atoms with Gasteiger partial charge in [-0.05, 0) is 30.3 Å². The summed E-state index contributed by atoms with van der Waals surface area (Å²) in [6.45, 7) is 0. The molecule has 4 heterocycles. The fourth-order valence-corrected chi connectivity index (χ4v) is 4.44. The lowest BCUT2D eigenvalue weighted by Gasteiger charge is -2.14. The normalized spacial score (nSPS) is 12.4. The maximum atomic E-state index is 14.1. The van der Waals surface area contributed by atoms with Crippen molar-refractivity contribution < 1.29 is 40.6 Å². The van der Waals surface area contributed by atoms with Gasteiger partial charge in [-0.2, -0.15) is 31.4 Å². The van der Waals surface area contributed by atoms with Crippen LogP contribution >= 0.6 is 0 Å². The Kier molecular flexibility index (Phi) is 6.07. The molecule has 8 nitrogen and oxygen atoms in total. The molecule has 204 valence electrons. The highest BCUT2D eigenvalue weighted by molar-refractivity contribution is 6.03. The molecule has 14 heteroatoms. The smallest absolute Gasteiger partial charge is 0.433 e. The number of pyridine rings is 1. The monoisotopic (exact) mass is 551 g/mol. The summed E-state index contributed by atoms with van der Waals surface area (Å²) in [5.41, 5.74) is -3.24. The van der Waals surface area contributed by atoms with Gasteiger partial charge in [0.1, 0.15) is 17.0 Å². The highest BCUT2D eigenvalue weighted by Gasteiger charge is 2.41. The number of hydrogen-bond acceptors (Lipinski definition) is 6. The number of ether oxygens (including phenoxy) is 3. The summed E-state index contributed by atoms with van der Waals surface area (Å²) in [6, 6.07) is 6.07. The van der Waals surface area contributed by atoms with E-state index in [9.17, 15) is 26.3 Å². The maximum absolute atomic E-state index is 14.1. The summed E-state index contributed by atoms with van der Waals surface area (Å²) in [6.07, 6.45) is -7.27. The van der Waals surface area contributed by atoms with E-state index in [1.165, 1.54) is 39.7 Å². The van der Waals surface area contributed by atoms with Crippen molar-refractivity contribution in [1.82, 2.24) is 24.1 Å². The molecular formula is C25H19F6N5O3. The molecule has 0 amide bonds. The van der Waals surface area contributed by atoms with Crippen LogP contribution in [0.15, 0.2) is 42.7 Å². The molecule has 0 saturated heterocycles. The van der Waals surface area contributed by atoms with Gasteiger partial charge >= 0.3 is 12.4 Å². The minimum atomic E-state index is -5.18. The fraction of sp³-hybridized carbons (Fsp3) is 0.240. The number of hydrogen-bond donors (Lipinski definition) is 0. The average Bonchev–Trinajstić information content (AvgIpc) is 3.43. The third-order valence-electron chi connectivity index (χ3n) is 6.11. The summed E-state index contributed by atoms with van der Waals surface area (Å²) in [5, 5.41) is 4.63. The number of alkyl halides is 6. The van der Waals surface area contributed by atoms with Crippen LogP contribution in [0.2, 0.25) is 0 Å². The van der Waals surface area contributed by atoms with Crippen LogP contribution in [0.5, 0.6) is 17.2 Å². The number of methoxy groups -OCH3 is 3. The Balaban J connectivity index is 1.98. The third kappa shape index (κ3) is 4.25. The van der Waals surface area contributed by atoms with E-state index < -0.39 is 29.4 Å². The number of benzene rings is 1. The van der Waals surface area contributed by atoms with Gasteiger partial charge < -0.3 is 18.8 Å². The van der Waals surface area contributed by atoms with Crippen molar-refractivity contribution in [3.8, 4) is 39.6 Å². The molecule has 0 aliphatic rings. The van der Waals surface area contributed by atoms with Crippen LogP contribution in [0.25, 0.3) is 39.1 Å².